The van der Waals surface area contributed by atoms with Gasteiger partial charge in [-0.2, -0.15) is 0 Å². The van der Waals surface area contributed by atoms with Gasteiger partial charge in [0.25, 0.3) is 0 Å². The number of nitrogens with zero attached hydrogens (tertiary/aromatic N) is 1. The van der Waals surface area contributed by atoms with E-state index in [1.54, 1.807) is 0 Å². The fraction of sp³-hybridized carbons (Fsp3) is 0.353. The van der Waals surface area contributed by atoms with E-state index in [0.29, 0.717) is 6.04 Å². The van der Waals surface area contributed by atoms with Crippen molar-refractivity contribution in [2.75, 3.05) is 5.32 Å². The van der Waals surface area contributed by atoms with Gasteiger partial charge >= 0.3 is 0 Å². The zero-order valence-corrected chi connectivity index (χ0v) is 11.2. The molecule has 2 aromatic rings. The third-order valence-corrected chi connectivity index (χ3v) is 3.82. The summed E-state index contributed by atoms with van der Waals surface area (Å²) in [5.41, 5.74) is 3.44. The molecule has 1 N–H and O–H groups in total. The Hall–Kier alpha value is -1.83. The second-order valence-corrected chi connectivity index (χ2v) is 5.27. The van der Waals surface area contributed by atoms with Crippen molar-refractivity contribution in [3.63, 3.8) is 0 Å². The van der Waals surface area contributed by atoms with Crippen molar-refractivity contribution in [2.24, 2.45) is 0 Å². The lowest BCUT2D eigenvalue weighted by Gasteiger charge is -2.23. The van der Waals surface area contributed by atoms with Crippen molar-refractivity contribution in [3.05, 3.63) is 48.7 Å². The van der Waals surface area contributed by atoms with Crippen molar-refractivity contribution < 1.29 is 0 Å². The monoisotopic (exact) mass is 252 g/mol. The van der Waals surface area contributed by atoms with Crippen LogP contribution in [-0.2, 0) is 0 Å². The molecule has 0 bridgehead atoms. The van der Waals surface area contributed by atoms with Gasteiger partial charge in [0.2, 0.25) is 0 Å². The van der Waals surface area contributed by atoms with Gasteiger partial charge in [0.15, 0.2) is 0 Å². The average Bonchev–Trinajstić information content (AvgIpc) is 2.50. The lowest BCUT2D eigenvalue weighted by Crippen LogP contribution is -2.22. The summed E-state index contributed by atoms with van der Waals surface area (Å²) in [7, 11) is 0. The molecule has 0 atom stereocenters. The van der Waals surface area contributed by atoms with E-state index in [1.165, 1.54) is 43.4 Å². The number of nitrogens with one attached hydrogen (secondary N) is 1. The lowest BCUT2D eigenvalue weighted by atomic mass is 9.95. The smallest absolute Gasteiger partial charge is 0.0701 e. The number of rotatable bonds is 3. The predicted octanol–water partition coefficient (Wildman–Crippen LogP) is 4.49. The number of anilines is 1. The number of hydrogen-bond acceptors (Lipinski definition) is 2. The summed E-state index contributed by atoms with van der Waals surface area (Å²) in [5.74, 6) is 0. The third-order valence-electron chi connectivity index (χ3n) is 3.82. The Bertz CT molecular complexity index is 499. The molecular weight excluding hydrogens is 232 g/mol. The molecule has 1 aromatic carbocycles. The molecular formula is C17H20N2. The fourth-order valence-electron chi connectivity index (χ4n) is 2.75. The first kappa shape index (κ1) is 12.2. The molecule has 2 nitrogen and oxygen atoms in total. The van der Waals surface area contributed by atoms with E-state index >= 15 is 0 Å². The molecule has 0 radical (unpaired) electrons. The van der Waals surface area contributed by atoms with E-state index in [1.807, 2.05) is 24.4 Å². The summed E-state index contributed by atoms with van der Waals surface area (Å²) >= 11 is 0. The van der Waals surface area contributed by atoms with Crippen LogP contribution in [0.3, 0.4) is 0 Å². The minimum Gasteiger partial charge on any atom is -0.382 e. The van der Waals surface area contributed by atoms with Gasteiger partial charge in [0, 0.05) is 23.5 Å². The molecule has 1 fully saturated rings. The maximum atomic E-state index is 4.37. The first-order valence-corrected chi connectivity index (χ1v) is 7.20. The van der Waals surface area contributed by atoms with Crippen molar-refractivity contribution in [2.45, 2.75) is 38.1 Å². The Labute approximate surface area is 114 Å². The Morgan fingerprint density at radius 1 is 0.895 bits per heavy atom. The molecule has 0 spiro atoms. The lowest BCUT2D eigenvalue weighted by molar-refractivity contribution is 0.463. The molecule has 0 saturated heterocycles. The van der Waals surface area contributed by atoms with E-state index < -0.39 is 0 Å². The molecule has 0 amide bonds. The van der Waals surface area contributed by atoms with Crippen LogP contribution < -0.4 is 5.32 Å². The Morgan fingerprint density at radius 3 is 2.37 bits per heavy atom. The van der Waals surface area contributed by atoms with Crippen LogP contribution in [0.25, 0.3) is 11.3 Å². The summed E-state index contributed by atoms with van der Waals surface area (Å²) in [4.78, 5) is 4.37. The SMILES string of the molecule is c1ccc(-c2ccc(NC3CCCCC3)cc2)nc1. The van der Waals surface area contributed by atoms with E-state index in [4.69, 9.17) is 0 Å². The summed E-state index contributed by atoms with van der Waals surface area (Å²) in [6, 6.07) is 15.3. The summed E-state index contributed by atoms with van der Waals surface area (Å²) in [6.45, 7) is 0. The molecule has 1 aromatic heterocycles. The normalized spacial score (nSPS) is 16.2. The molecule has 19 heavy (non-hydrogen) atoms. The summed E-state index contributed by atoms with van der Waals surface area (Å²) < 4.78 is 0. The molecule has 0 unspecified atom stereocenters. The van der Waals surface area contributed by atoms with E-state index in [-0.39, 0.29) is 0 Å². The van der Waals surface area contributed by atoms with Gasteiger partial charge in [-0.15, -0.1) is 0 Å². The largest absolute Gasteiger partial charge is 0.382 e. The van der Waals surface area contributed by atoms with Crippen molar-refractivity contribution in [3.8, 4) is 11.3 Å². The third kappa shape index (κ3) is 3.14. The fourth-order valence-corrected chi connectivity index (χ4v) is 2.75. The maximum Gasteiger partial charge on any atom is 0.0701 e. The highest BCUT2D eigenvalue weighted by molar-refractivity contribution is 5.62. The Balaban J connectivity index is 1.68. The molecule has 1 saturated carbocycles. The van der Waals surface area contributed by atoms with Crippen molar-refractivity contribution >= 4 is 5.69 Å². The number of hydrogen-bond donors (Lipinski definition) is 1. The zero-order chi connectivity index (χ0) is 12.9. The molecule has 3 rings (SSSR count). The molecule has 1 aliphatic rings. The van der Waals surface area contributed by atoms with Crippen LogP contribution in [0.1, 0.15) is 32.1 Å². The van der Waals surface area contributed by atoms with Gasteiger partial charge in [-0.05, 0) is 37.1 Å². The van der Waals surface area contributed by atoms with E-state index in [2.05, 4.69) is 34.6 Å². The molecule has 1 heterocycles. The van der Waals surface area contributed by atoms with Gasteiger partial charge in [-0.25, -0.2) is 0 Å². The molecule has 98 valence electrons. The Kier molecular flexibility index (Phi) is 3.78. The maximum absolute atomic E-state index is 4.37. The van der Waals surface area contributed by atoms with Gasteiger partial charge < -0.3 is 5.32 Å². The van der Waals surface area contributed by atoms with Crippen LogP contribution in [-0.4, -0.2) is 11.0 Å². The predicted molar refractivity (Wildman–Crippen MR) is 80.2 cm³/mol. The van der Waals surface area contributed by atoms with Crippen LogP contribution >= 0.6 is 0 Å². The van der Waals surface area contributed by atoms with Crippen LogP contribution in [0.2, 0.25) is 0 Å². The van der Waals surface area contributed by atoms with Crippen LogP contribution in [0, 0.1) is 0 Å². The standard InChI is InChI=1S/C17H20N2/c1-2-6-15(7-3-1)19-16-11-9-14(10-12-16)17-8-4-5-13-18-17/h4-5,8-13,15,19H,1-3,6-7H2. The number of pyridine rings is 1. The average molecular weight is 252 g/mol. The van der Waals surface area contributed by atoms with Gasteiger partial charge in [-0.1, -0.05) is 37.5 Å². The van der Waals surface area contributed by atoms with Gasteiger partial charge in [0.05, 0.1) is 5.69 Å². The zero-order valence-electron chi connectivity index (χ0n) is 11.2. The summed E-state index contributed by atoms with van der Waals surface area (Å²) in [6.07, 6.45) is 8.58. The highest BCUT2D eigenvalue weighted by Gasteiger charge is 2.12. The number of aromatic nitrogens is 1. The Morgan fingerprint density at radius 2 is 1.68 bits per heavy atom. The highest BCUT2D eigenvalue weighted by atomic mass is 14.9. The molecule has 2 heteroatoms. The van der Waals surface area contributed by atoms with E-state index in [0.717, 1.165) is 5.69 Å². The second-order valence-electron chi connectivity index (χ2n) is 5.27. The number of benzene rings is 1. The first-order valence-electron chi connectivity index (χ1n) is 7.20. The van der Waals surface area contributed by atoms with Gasteiger partial charge in [0.1, 0.15) is 0 Å². The van der Waals surface area contributed by atoms with Crippen molar-refractivity contribution in [1.82, 2.24) is 4.98 Å². The van der Waals surface area contributed by atoms with Crippen LogP contribution in [0.15, 0.2) is 48.7 Å². The highest BCUT2D eigenvalue weighted by Crippen LogP contribution is 2.23. The van der Waals surface area contributed by atoms with E-state index in [9.17, 15) is 0 Å². The van der Waals surface area contributed by atoms with Crippen LogP contribution in [0.5, 0.6) is 0 Å². The molecule has 1 aliphatic carbocycles. The quantitative estimate of drug-likeness (QED) is 0.870. The molecule has 0 aliphatic heterocycles. The van der Waals surface area contributed by atoms with Crippen molar-refractivity contribution in [1.29, 1.82) is 0 Å². The first-order chi connectivity index (χ1) is 9.42. The summed E-state index contributed by atoms with van der Waals surface area (Å²) in [5, 5.41) is 3.64. The van der Waals surface area contributed by atoms with Crippen LogP contribution in [0.4, 0.5) is 5.69 Å². The minimum absolute atomic E-state index is 0.662. The minimum atomic E-state index is 0.662. The topological polar surface area (TPSA) is 24.9 Å². The second kappa shape index (κ2) is 5.87. The van der Waals surface area contributed by atoms with Gasteiger partial charge in [-0.3, -0.25) is 4.98 Å².